The number of hydrogen-bond donors (Lipinski definition) is 4. The number of rotatable bonds is 11. The summed E-state index contributed by atoms with van der Waals surface area (Å²) in [6.45, 7) is 8.76. The molecular formula is C43H52F2N8O7. The van der Waals surface area contributed by atoms with Crippen molar-refractivity contribution in [1.29, 1.82) is 0 Å². The lowest BCUT2D eigenvalue weighted by Gasteiger charge is -2.30. The third-order valence-electron chi connectivity index (χ3n) is 11.9. The van der Waals surface area contributed by atoms with Gasteiger partial charge in [-0.2, -0.15) is 0 Å². The molecule has 3 aliphatic heterocycles. The average Bonchev–Trinajstić information content (AvgIpc) is 4.09. The highest BCUT2D eigenvalue weighted by Gasteiger charge is 2.51. The zero-order chi connectivity index (χ0) is 42.9. The molecule has 5 atom stereocenters. The molecule has 3 fully saturated rings. The van der Waals surface area contributed by atoms with Crippen molar-refractivity contribution in [2.24, 2.45) is 11.8 Å². The maximum Gasteiger partial charge on any atom is 0.407 e. The van der Waals surface area contributed by atoms with Gasteiger partial charge >= 0.3 is 12.2 Å². The van der Waals surface area contributed by atoms with Gasteiger partial charge in [0.25, 0.3) is 0 Å². The molecule has 7 rings (SSSR count). The second-order valence-electron chi connectivity index (χ2n) is 16.5. The average molecular weight is 831 g/mol. The van der Waals surface area contributed by atoms with Crippen LogP contribution >= 0.6 is 0 Å². The van der Waals surface area contributed by atoms with Gasteiger partial charge in [0.05, 0.1) is 62.2 Å². The number of likely N-dealkylation sites (tertiary alicyclic amines) is 2. The number of carbonyl (C=O) groups is 4. The van der Waals surface area contributed by atoms with Gasteiger partial charge in [0, 0.05) is 30.7 Å². The van der Waals surface area contributed by atoms with Gasteiger partial charge in [-0.25, -0.2) is 28.3 Å². The number of aromatic amines is 2. The number of benzene rings is 2. The molecule has 0 unspecified atom stereocenters. The maximum absolute atomic E-state index is 15.9. The SMILES string of the molecule is COC(=O)N[C@H](C(=O)N1CCC[C@H]1c1ncc(-c2ccc(-c3ccc(-c4cnc([C@@H]5C[C@@]6(CCCO6)CN5C(=O)[C@@H](NC(=O)OC)C(C)C)[nH]4)c(F)c3)cc2F)[nH]1)C(C)C. The van der Waals surface area contributed by atoms with Crippen LogP contribution in [0.15, 0.2) is 48.8 Å². The first-order valence-corrected chi connectivity index (χ1v) is 20.4. The highest BCUT2D eigenvalue weighted by Crippen LogP contribution is 2.45. The number of carbonyl (C=O) groups excluding carboxylic acids is 4. The molecule has 4 aromatic rings. The van der Waals surface area contributed by atoms with Crippen LogP contribution in [0.3, 0.4) is 0 Å². The van der Waals surface area contributed by atoms with Crippen molar-refractivity contribution in [3.05, 3.63) is 72.1 Å². The number of aromatic nitrogens is 4. The summed E-state index contributed by atoms with van der Waals surface area (Å²) in [6.07, 6.45) is 5.17. The van der Waals surface area contributed by atoms with Crippen LogP contribution < -0.4 is 10.6 Å². The summed E-state index contributed by atoms with van der Waals surface area (Å²) < 4.78 is 47.4. The minimum atomic E-state index is -0.839. The normalized spacial score (nSPS) is 21.2. The number of alkyl carbamates (subject to hydrolysis) is 2. The quantitative estimate of drug-likeness (QED) is 0.128. The largest absolute Gasteiger partial charge is 0.453 e. The minimum absolute atomic E-state index is 0.185. The van der Waals surface area contributed by atoms with Gasteiger partial charge in [0.15, 0.2) is 0 Å². The van der Waals surface area contributed by atoms with E-state index < -0.39 is 47.5 Å². The smallest absolute Gasteiger partial charge is 0.407 e. The van der Waals surface area contributed by atoms with E-state index >= 15 is 8.78 Å². The first kappa shape index (κ1) is 42.3. The number of imidazole rings is 2. The Labute approximate surface area is 347 Å². The third kappa shape index (κ3) is 8.44. The molecule has 5 heterocycles. The molecule has 320 valence electrons. The molecule has 0 bridgehead atoms. The number of H-pyrrole nitrogens is 2. The van der Waals surface area contributed by atoms with Crippen LogP contribution in [-0.4, -0.2) is 105 Å². The van der Waals surface area contributed by atoms with Crippen molar-refractivity contribution in [3.63, 3.8) is 0 Å². The number of nitrogens with one attached hydrogen (secondary N) is 4. The van der Waals surface area contributed by atoms with E-state index in [0.29, 0.717) is 66.7 Å². The highest BCUT2D eigenvalue weighted by molar-refractivity contribution is 5.87. The molecule has 4 amide bonds. The fraction of sp³-hybridized carbons (Fsp3) is 0.488. The summed E-state index contributed by atoms with van der Waals surface area (Å²) in [5, 5.41) is 5.30. The molecule has 1 spiro atoms. The summed E-state index contributed by atoms with van der Waals surface area (Å²) in [5.74, 6) is -1.07. The number of methoxy groups -OCH3 is 2. The van der Waals surface area contributed by atoms with Crippen molar-refractivity contribution >= 4 is 24.0 Å². The molecule has 0 saturated carbocycles. The van der Waals surface area contributed by atoms with Crippen LogP contribution in [0.25, 0.3) is 33.6 Å². The number of halogens is 2. The molecular weight excluding hydrogens is 779 g/mol. The van der Waals surface area contributed by atoms with E-state index in [9.17, 15) is 19.2 Å². The molecule has 17 heteroatoms. The van der Waals surface area contributed by atoms with Crippen molar-refractivity contribution in [2.45, 2.75) is 89.6 Å². The van der Waals surface area contributed by atoms with Gasteiger partial charge < -0.3 is 44.6 Å². The molecule has 3 aliphatic rings. The van der Waals surface area contributed by atoms with E-state index in [1.165, 1.54) is 38.7 Å². The molecule has 0 radical (unpaired) electrons. The molecule has 2 aromatic heterocycles. The predicted molar refractivity (Wildman–Crippen MR) is 216 cm³/mol. The first-order chi connectivity index (χ1) is 28.7. The third-order valence-corrected chi connectivity index (χ3v) is 11.9. The van der Waals surface area contributed by atoms with E-state index in [1.807, 2.05) is 27.7 Å². The second-order valence-corrected chi connectivity index (χ2v) is 16.5. The van der Waals surface area contributed by atoms with Gasteiger partial charge in [-0.15, -0.1) is 0 Å². The number of hydrogen-bond acceptors (Lipinski definition) is 9. The van der Waals surface area contributed by atoms with Gasteiger partial charge in [-0.05, 0) is 72.9 Å². The molecule has 3 saturated heterocycles. The Morgan fingerprint density at radius 2 is 1.30 bits per heavy atom. The summed E-state index contributed by atoms with van der Waals surface area (Å²) in [7, 11) is 2.49. The van der Waals surface area contributed by atoms with E-state index in [2.05, 4.69) is 30.6 Å². The Morgan fingerprint density at radius 3 is 1.77 bits per heavy atom. The number of amides is 4. The van der Waals surface area contributed by atoms with Crippen molar-refractivity contribution < 1.29 is 42.2 Å². The van der Waals surface area contributed by atoms with Gasteiger partial charge in [0.2, 0.25) is 11.8 Å². The lowest BCUT2D eigenvalue weighted by molar-refractivity contribution is -0.136. The van der Waals surface area contributed by atoms with Crippen LogP contribution in [-0.2, 0) is 23.8 Å². The van der Waals surface area contributed by atoms with Crippen molar-refractivity contribution in [2.75, 3.05) is 33.9 Å². The monoisotopic (exact) mass is 830 g/mol. The van der Waals surface area contributed by atoms with Crippen LogP contribution in [0, 0.1) is 23.5 Å². The van der Waals surface area contributed by atoms with E-state index in [1.54, 1.807) is 34.1 Å². The summed E-state index contributed by atoms with van der Waals surface area (Å²) >= 11 is 0. The Morgan fingerprint density at radius 1 is 0.783 bits per heavy atom. The molecule has 15 nitrogen and oxygen atoms in total. The topological polar surface area (TPSA) is 184 Å². The zero-order valence-corrected chi connectivity index (χ0v) is 34.6. The van der Waals surface area contributed by atoms with Gasteiger partial charge in [-0.3, -0.25) is 9.59 Å². The van der Waals surface area contributed by atoms with E-state index in [-0.39, 0.29) is 40.8 Å². The molecule has 2 aromatic carbocycles. The lowest BCUT2D eigenvalue weighted by atomic mass is 9.96. The van der Waals surface area contributed by atoms with Gasteiger partial charge in [-0.1, -0.05) is 39.8 Å². The zero-order valence-electron chi connectivity index (χ0n) is 34.6. The fourth-order valence-corrected chi connectivity index (χ4v) is 8.65. The Bertz CT molecular complexity index is 2230. The molecule has 0 aliphatic carbocycles. The first-order valence-electron chi connectivity index (χ1n) is 20.4. The number of ether oxygens (including phenoxy) is 3. The predicted octanol–water partition coefficient (Wildman–Crippen LogP) is 6.66. The van der Waals surface area contributed by atoms with E-state index in [4.69, 9.17) is 14.2 Å². The van der Waals surface area contributed by atoms with Crippen LogP contribution in [0.2, 0.25) is 0 Å². The summed E-state index contributed by atoms with van der Waals surface area (Å²) in [5.41, 5.74) is 1.70. The Hall–Kier alpha value is -5.84. The van der Waals surface area contributed by atoms with Crippen LogP contribution in [0.1, 0.15) is 83.5 Å². The van der Waals surface area contributed by atoms with Crippen LogP contribution in [0.4, 0.5) is 18.4 Å². The second kappa shape index (κ2) is 17.4. The Kier molecular flexibility index (Phi) is 12.3. The number of nitrogens with zero attached hydrogens (tertiary/aromatic N) is 4. The highest BCUT2D eigenvalue weighted by atomic mass is 19.1. The minimum Gasteiger partial charge on any atom is -0.453 e. The van der Waals surface area contributed by atoms with Crippen molar-refractivity contribution in [1.82, 2.24) is 40.4 Å². The van der Waals surface area contributed by atoms with Crippen LogP contribution in [0.5, 0.6) is 0 Å². The van der Waals surface area contributed by atoms with E-state index in [0.717, 1.165) is 19.3 Å². The Balaban J connectivity index is 1.07. The molecule has 60 heavy (non-hydrogen) atoms. The fourth-order valence-electron chi connectivity index (χ4n) is 8.65. The summed E-state index contributed by atoms with van der Waals surface area (Å²) in [4.78, 5) is 70.6. The van der Waals surface area contributed by atoms with Crippen molar-refractivity contribution in [3.8, 4) is 33.6 Å². The molecule has 4 N–H and O–H groups in total. The maximum atomic E-state index is 15.9. The summed E-state index contributed by atoms with van der Waals surface area (Å²) in [6, 6.07) is 6.76. The standard InChI is InChI=1S/C43H52F2N8O7/c1-23(2)35(50-41(56)58-5)39(54)52-15-7-9-33(52)37-46-20-31(48-37)27-12-10-25(17-29(27)44)26-11-13-28(30(45)18-26)32-21-47-38(49-32)34-19-43(14-8-16-60-43)22-53(34)40(55)36(24(3)4)51-42(57)59-6/h10-13,17-18,20-21,23-24,33-36H,7-9,14-16,19,22H2,1-6H3,(H,46,48)(H,47,49)(H,50,56)(H,51,57)/t33-,34-,35-,36-,43-/m0/s1. The lowest BCUT2D eigenvalue weighted by Crippen LogP contribution is -2.51. The van der Waals surface area contributed by atoms with Gasteiger partial charge in [0.1, 0.15) is 35.4 Å².